The molecule has 0 saturated carbocycles. The van der Waals surface area contributed by atoms with Crippen LogP contribution in [-0.2, 0) is 4.79 Å². The summed E-state index contributed by atoms with van der Waals surface area (Å²) in [4.78, 5) is 20.5. The maximum Gasteiger partial charge on any atom is 0.262 e. The zero-order chi connectivity index (χ0) is 15.5. The van der Waals surface area contributed by atoms with Gasteiger partial charge in [-0.25, -0.2) is 18.7 Å². The van der Waals surface area contributed by atoms with Gasteiger partial charge in [-0.3, -0.25) is 4.79 Å². The molecule has 1 N–H and O–H groups in total. The molecule has 0 bridgehead atoms. The summed E-state index contributed by atoms with van der Waals surface area (Å²) in [6, 6.07) is 4.58. The number of fused-ring (bicyclic) bond motifs is 1. The molecule has 0 radical (unpaired) electrons. The highest BCUT2D eigenvalue weighted by Crippen LogP contribution is 2.25. The molecule has 0 aliphatic heterocycles. The lowest BCUT2D eigenvalue weighted by Gasteiger charge is -2.08. The van der Waals surface area contributed by atoms with Crippen molar-refractivity contribution in [1.82, 2.24) is 9.97 Å². The number of benzene rings is 1. The third-order valence-corrected chi connectivity index (χ3v) is 3.59. The molecular formula is C14H9F2N3O2S. The van der Waals surface area contributed by atoms with E-state index < -0.39 is 17.5 Å². The molecule has 3 aromatic rings. The highest BCUT2D eigenvalue weighted by molar-refractivity contribution is 7.16. The molecule has 0 fully saturated rings. The standard InChI is InChI=1S/C14H9F2N3O2S/c15-8-1-2-10(16)11(5-8)19-12(20)6-21-13-9-3-4-22-14(9)18-7-17-13/h1-5,7H,6H2,(H,19,20). The van der Waals surface area contributed by atoms with Crippen molar-refractivity contribution in [1.29, 1.82) is 0 Å². The molecule has 5 nitrogen and oxygen atoms in total. The lowest BCUT2D eigenvalue weighted by atomic mass is 10.3. The second kappa shape index (κ2) is 6.02. The first-order valence-electron chi connectivity index (χ1n) is 6.19. The van der Waals surface area contributed by atoms with Crippen LogP contribution in [0.4, 0.5) is 14.5 Å². The molecular weight excluding hydrogens is 312 g/mol. The van der Waals surface area contributed by atoms with E-state index in [0.29, 0.717) is 5.39 Å². The summed E-state index contributed by atoms with van der Waals surface area (Å²) in [5.74, 6) is -1.72. The average Bonchev–Trinajstić information content (AvgIpc) is 2.98. The highest BCUT2D eigenvalue weighted by Gasteiger charge is 2.11. The van der Waals surface area contributed by atoms with Gasteiger partial charge in [0.2, 0.25) is 5.88 Å². The molecule has 0 unspecified atom stereocenters. The highest BCUT2D eigenvalue weighted by atomic mass is 32.1. The van der Waals surface area contributed by atoms with Crippen LogP contribution in [0.3, 0.4) is 0 Å². The van der Waals surface area contributed by atoms with E-state index in [-0.39, 0.29) is 18.2 Å². The molecule has 0 spiro atoms. The van der Waals surface area contributed by atoms with Gasteiger partial charge in [0.15, 0.2) is 6.61 Å². The predicted molar refractivity (Wildman–Crippen MR) is 77.9 cm³/mol. The van der Waals surface area contributed by atoms with Gasteiger partial charge in [0.25, 0.3) is 5.91 Å². The Morgan fingerprint density at radius 1 is 1.27 bits per heavy atom. The SMILES string of the molecule is O=C(COc1ncnc2sccc12)Nc1cc(F)ccc1F. The van der Waals surface area contributed by atoms with Gasteiger partial charge in [-0.2, -0.15) is 0 Å². The summed E-state index contributed by atoms with van der Waals surface area (Å²) >= 11 is 1.42. The number of nitrogens with one attached hydrogen (secondary N) is 1. The minimum absolute atomic E-state index is 0.239. The Labute approximate surface area is 127 Å². The molecule has 2 heterocycles. The van der Waals surface area contributed by atoms with Gasteiger partial charge in [0, 0.05) is 6.07 Å². The van der Waals surface area contributed by atoms with Crippen molar-refractivity contribution in [2.45, 2.75) is 0 Å². The van der Waals surface area contributed by atoms with Crippen LogP contribution < -0.4 is 10.1 Å². The van der Waals surface area contributed by atoms with Crippen molar-refractivity contribution in [3.63, 3.8) is 0 Å². The Hall–Kier alpha value is -2.61. The van der Waals surface area contributed by atoms with Crippen molar-refractivity contribution in [3.05, 3.63) is 47.6 Å². The minimum Gasteiger partial charge on any atom is -0.467 e. The van der Waals surface area contributed by atoms with E-state index in [1.165, 1.54) is 17.7 Å². The molecule has 8 heteroatoms. The number of aromatic nitrogens is 2. The monoisotopic (exact) mass is 321 g/mol. The van der Waals surface area contributed by atoms with Crippen LogP contribution in [0.1, 0.15) is 0 Å². The number of carbonyl (C=O) groups excluding carboxylic acids is 1. The van der Waals surface area contributed by atoms with Gasteiger partial charge in [0.1, 0.15) is 22.8 Å². The molecule has 22 heavy (non-hydrogen) atoms. The van der Waals surface area contributed by atoms with Crippen molar-refractivity contribution in [2.75, 3.05) is 11.9 Å². The van der Waals surface area contributed by atoms with Crippen LogP contribution in [0, 0.1) is 11.6 Å². The summed E-state index contributed by atoms with van der Waals surface area (Å²) in [7, 11) is 0. The number of hydrogen-bond acceptors (Lipinski definition) is 5. The summed E-state index contributed by atoms with van der Waals surface area (Å²) in [6.07, 6.45) is 1.33. The Morgan fingerprint density at radius 2 is 2.14 bits per heavy atom. The number of ether oxygens (including phenoxy) is 1. The summed E-state index contributed by atoms with van der Waals surface area (Å²) in [5.41, 5.74) is -0.239. The second-order valence-corrected chi connectivity index (χ2v) is 5.17. The van der Waals surface area contributed by atoms with Crippen LogP contribution in [0.15, 0.2) is 36.0 Å². The minimum atomic E-state index is -0.725. The third kappa shape index (κ3) is 3.01. The van der Waals surface area contributed by atoms with E-state index in [4.69, 9.17) is 4.74 Å². The van der Waals surface area contributed by atoms with Gasteiger partial charge >= 0.3 is 0 Å². The topological polar surface area (TPSA) is 64.1 Å². The summed E-state index contributed by atoms with van der Waals surface area (Å²) in [5, 5.41) is 4.76. The van der Waals surface area contributed by atoms with Crippen molar-refractivity contribution < 1.29 is 18.3 Å². The zero-order valence-electron chi connectivity index (χ0n) is 11.0. The number of nitrogens with zero attached hydrogens (tertiary/aromatic N) is 2. The third-order valence-electron chi connectivity index (χ3n) is 2.77. The van der Waals surface area contributed by atoms with E-state index in [2.05, 4.69) is 15.3 Å². The number of thiophene rings is 1. The Bertz CT molecular complexity index is 838. The number of rotatable bonds is 4. The molecule has 3 rings (SSSR count). The Balaban J connectivity index is 1.67. The first-order chi connectivity index (χ1) is 10.6. The maximum atomic E-state index is 13.4. The fraction of sp³-hybridized carbons (Fsp3) is 0.0714. The fourth-order valence-electron chi connectivity index (χ4n) is 1.80. The first kappa shape index (κ1) is 14.3. The van der Waals surface area contributed by atoms with Gasteiger partial charge in [-0.05, 0) is 23.6 Å². The lowest BCUT2D eigenvalue weighted by molar-refractivity contribution is -0.118. The number of hydrogen-bond donors (Lipinski definition) is 1. The average molecular weight is 321 g/mol. The molecule has 112 valence electrons. The van der Waals surface area contributed by atoms with Gasteiger partial charge < -0.3 is 10.1 Å². The molecule has 2 aromatic heterocycles. The summed E-state index contributed by atoms with van der Waals surface area (Å²) < 4.78 is 31.7. The van der Waals surface area contributed by atoms with Crippen LogP contribution in [-0.4, -0.2) is 22.5 Å². The van der Waals surface area contributed by atoms with Crippen molar-refractivity contribution in [2.24, 2.45) is 0 Å². The number of amides is 1. The van der Waals surface area contributed by atoms with Crippen molar-refractivity contribution >= 4 is 33.1 Å². The molecule has 0 aliphatic rings. The van der Waals surface area contributed by atoms with Crippen LogP contribution >= 0.6 is 11.3 Å². The normalized spacial score (nSPS) is 10.6. The maximum absolute atomic E-state index is 13.4. The smallest absolute Gasteiger partial charge is 0.262 e. The van der Waals surface area contributed by atoms with Gasteiger partial charge in [-0.15, -0.1) is 11.3 Å². The van der Waals surface area contributed by atoms with Crippen LogP contribution in [0.5, 0.6) is 5.88 Å². The quantitative estimate of drug-likeness (QED) is 0.802. The van der Waals surface area contributed by atoms with Crippen LogP contribution in [0.2, 0.25) is 0 Å². The molecule has 0 saturated heterocycles. The number of carbonyl (C=O) groups is 1. The van der Waals surface area contributed by atoms with E-state index in [9.17, 15) is 13.6 Å². The zero-order valence-corrected chi connectivity index (χ0v) is 11.9. The number of anilines is 1. The van der Waals surface area contributed by atoms with E-state index in [0.717, 1.165) is 23.0 Å². The molecule has 0 aliphatic carbocycles. The lowest BCUT2D eigenvalue weighted by Crippen LogP contribution is -2.21. The first-order valence-corrected chi connectivity index (χ1v) is 7.07. The number of halogens is 2. The van der Waals surface area contributed by atoms with E-state index in [1.807, 2.05) is 5.38 Å². The largest absolute Gasteiger partial charge is 0.467 e. The second-order valence-electron chi connectivity index (χ2n) is 4.28. The fourth-order valence-corrected chi connectivity index (χ4v) is 2.52. The Morgan fingerprint density at radius 3 is 3.00 bits per heavy atom. The van der Waals surface area contributed by atoms with E-state index >= 15 is 0 Å². The predicted octanol–water partition coefficient (Wildman–Crippen LogP) is 2.99. The molecule has 0 atom stereocenters. The van der Waals surface area contributed by atoms with Gasteiger partial charge in [0.05, 0.1) is 11.1 Å². The molecule has 1 amide bonds. The molecule has 1 aromatic carbocycles. The summed E-state index contributed by atoms with van der Waals surface area (Å²) in [6.45, 7) is -0.377. The van der Waals surface area contributed by atoms with E-state index in [1.54, 1.807) is 6.07 Å². The Kier molecular flexibility index (Phi) is 3.92. The van der Waals surface area contributed by atoms with Crippen LogP contribution in [0.25, 0.3) is 10.2 Å². The van der Waals surface area contributed by atoms with Crippen molar-refractivity contribution in [3.8, 4) is 5.88 Å². The van der Waals surface area contributed by atoms with Gasteiger partial charge in [-0.1, -0.05) is 0 Å².